The van der Waals surface area contributed by atoms with E-state index in [4.69, 9.17) is 10.2 Å². The van der Waals surface area contributed by atoms with E-state index in [1.165, 1.54) is 0 Å². The highest BCUT2D eigenvalue weighted by Crippen LogP contribution is 2.13. The van der Waals surface area contributed by atoms with E-state index in [1.807, 2.05) is 0 Å². The molecule has 1 unspecified atom stereocenters. The van der Waals surface area contributed by atoms with Gasteiger partial charge < -0.3 is 10.2 Å². The Bertz CT molecular complexity index is 246. The maximum Gasteiger partial charge on any atom is 0.349 e. The maximum atomic E-state index is 10.4. The fourth-order valence-corrected chi connectivity index (χ4v) is 1.12. The predicted molar refractivity (Wildman–Crippen MR) is 40.3 cm³/mol. The third-order valence-electron chi connectivity index (χ3n) is 1.73. The molecule has 2 N–H and O–H groups in total. The van der Waals surface area contributed by atoms with Gasteiger partial charge in [-0.05, 0) is 19.3 Å². The van der Waals surface area contributed by atoms with Crippen molar-refractivity contribution in [2.24, 2.45) is 4.99 Å². The van der Waals surface area contributed by atoms with Crippen molar-refractivity contribution in [3.05, 3.63) is 0 Å². The number of carbonyl (C=O) groups is 2. The van der Waals surface area contributed by atoms with Gasteiger partial charge >= 0.3 is 11.9 Å². The van der Waals surface area contributed by atoms with Crippen LogP contribution in [0.2, 0.25) is 0 Å². The van der Waals surface area contributed by atoms with E-state index in [0.29, 0.717) is 19.3 Å². The number of aliphatic carboxylic acids is 2. The Morgan fingerprint density at radius 2 is 2.08 bits per heavy atom. The molecule has 0 spiro atoms. The smallest absolute Gasteiger partial charge is 0.349 e. The Morgan fingerprint density at radius 1 is 1.42 bits per heavy atom. The van der Waals surface area contributed by atoms with Gasteiger partial charge in [-0.3, -0.25) is 4.99 Å². The summed E-state index contributed by atoms with van der Waals surface area (Å²) < 4.78 is 0. The number of carboxylic acid groups (broad SMARTS) is 2. The van der Waals surface area contributed by atoms with Gasteiger partial charge in [0.1, 0.15) is 11.8 Å². The Labute approximate surface area is 68.7 Å². The van der Waals surface area contributed by atoms with E-state index >= 15 is 0 Å². The van der Waals surface area contributed by atoms with Gasteiger partial charge in [-0.15, -0.1) is 0 Å². The summed E-state index contributed by atoms with van der Waals surface area (Å²) in [6.07, 6.45) is 1.40. The van der Waals surface area contributed by atoms with Crippen LogP contribution in [0.4, 0.5) is 0 Å². The monoisotopic (exact) mass is 171 g/mol. The first-order valence-corrected chi connectivity index (χ1v) is 3.64. The maximum absolute atomic E-state index is 10.4. The summed E-state index contributed by atoms with van der Waals surface area (Å²) in [5.41, 5.74) is -0.0198. The van der Waals surface area contributed by atoms with E-state index < -0.39 is 18.0 Å². The Hall–Kier alpha value is -1.39. The summed E-state index contributed by atoms with van der Waals surface area (Å²) >= 11 is 0. The fraction of sp³-hybridized carbons (Fsp3) is 0.571. The minimum Gasteiger partial charge on any atom is -0.480 e. The lowest BCUT2D eigenvalue weighted by Gasteiger charge is -2.14. The van der Waals surface area contributed by atoms with Crippen LogP contribution in [-0.2, 0) is 9.59 Å². The highest BCUT2D eigenvalue weighted by atomic mass is 16.4. The molecule has 0 bridgehead atoms. The molecule has 0 aromatic rings. The number of carboxylic acids is 2. The topological polar surface area (TPSA) is 87.0 Å². The Kier molecular flexibility index (Phi) is 2.42. The van der Waals surface area contributed by atoms with Crippen LogP contribution in [-0.4, -0.2) is 33.9 Å². The number of nitrogens with zero attached hydrogens (tertiary/aromatic N) is 1. The van der Waals surface area contributed by atoms with Gasteiger partial charge in [0.05, 0.1) is 0 Å². The van der Waals surface area contributed by atoms with Crippen molar-refractivity contribution in [1.82, 2.24) is 0 Å². The van der Waals surface area contributed by atoms with Crippen molar-refractivity contribution >= 4 is 17.7 Å². The second-order valence-electron chi connectivity index (χ2n) is 2.63. The Morgan fingerprint density at radius 3 is 2.58 bits per heavy atom. The van der Waals surface area contributed by atoms with Crippen LogP contribution in [0.3, 0.4) is 0 Å². The molecule has 66 valence electrons. The summed E-state index contributed by atoms with van der Waals surface area (Å²) in [6.45, 7) is 0. The van der Waals surface area contributed by atoms with Crippen molar-refractivity contribution in [3.63, 3.8) is 0 Å². The minimum absolute atomic E-state index is 0.0198. The predicted octanol–water partition coefficient (Wildman–Crippen LogP) is 0.149. The van der Waals surface area contributed by atoms with Gasteiger partial charge in [0, 0.05) is 0 Å². The van der Waals surface area contributed by atoms with Crippen LogP contribution < -0.4 is 0 Å². The number of aliphatic imine (C=N–C) groups is 1. The molecule has 0 amide bonds. The van der Waals surface area contributed by atoms with E-state index in [9.17, 15) is 9.59 Å². The molecule has 1 aliphatic rings. The molecular weight excluding hydrogens is 162 g/mol. The molecule has 12 heavy (non-hydrogen) atoms. The highest BCUT2D eigenvalue weighted by molar-refractivity contribution is 6.35. The van der Waals surface area contributed by atoms with Crippen LogP contribution >= 0.6 is 0 Å². The van der Waals surface area contributed by atoms with Crippen molar-refractivity contribution in [3.8, 4) is 0 Å². The SMILES string of the molecule is O=C(O)C1=NC(C(=O)O)CCC1. The van der Waals surface area contributed by atoms with E-state index in [0.717, 1.165) is 0 Å². The van der Waals surface area contributed by atoms with Crippen LogP contribution in [0.5, 0.6) is 0 Å². The molecule has 0 aromatic carbocycles. The molecule has 0 saturated carbocycles. The summed E-state index contributed by atoms with van der Waals surface area (Å²) in [5.74, 6) is -2.16. The number of hydrogen-bond acceptors (Lipinski definition) is 3. The molecule has 1 aliphatic heterocycles. The number of hydrogen-bond donors (Lipinski definition) is 2. The van der Waals surface area contributed by atoms with E-state index in [2.05, 4.69) is 4.99 Å². The molecule has 0 fully saturated rings. The average molecular weight is 171 g/mol. The highest BCUT2D eigenvalue weighted by Gasteiger charge is 2.23. The lowest BCUT2D eigenvalue weighted by Crippen LogP contribution is -2.27. The van der Waals surface area contributed by atoms with Gasteiger partial charge in [-0.25, -0.2) is 9.59 Å². The molecule has 5 nitrogen and oxygen atoms in total. The molecule has 1 atom stereocenters. The van der Waals surface area contributed by atoms with Crippen molar-refractivity contribution in [2.75, 3.05) is 0 Å². The normalized spacial score (nSPS) is 23.0. The average Bonchev–Trinajstić information content (AvgIpc) is 2.04. The quantitative estimate of drug-likeness (QED) is 0.619. The molecule has 5 heteroatoms. The molecule has 1 heterocycles. The van der Waals surface area contributed by atoms with Gasteiger partial charge in [0.2, 0.25) is 0 Å². The van der Waals surface area contributed by atoms with E-state index in [1.54, 1.807) is 0 Å². The summed E-state index contributed by atoms with van der Waals surface area (Å²) in [7, 11) is 0. The first kappa shape index (κ1) is 8.70. The Balaban J connectivity index is 2.76. The van der Waals surface area contributed by atoms with Gasteiger partial charge in [0.25, 0.3) is 0 Å². The fourth-order valence-electron chi connectivity index (χ4n) is 1.12. The molecule has 0 aromatic heterocycles. The zero-order valence-corrected chi connectivity index (χ0v) is 6.36. The first-order chi connectivity index (χ1) is 5.61. The number of rotatable bonds is 2. The molecule has 0 radical (unpaired) electrons. The molecule has 0 aliphatic carbocycles. The third-order valence-corrected chi connectivity index (χ3v) is 1.73. The van der Waals surface area contributed by atoms with E-state index in [-0.39, 0.29) is 5.71 Å². The lowest BCUT2D eigenvalue weighted by molar-refractivity contribution is -0.138. The van der Waals surface area contributed by atoms with Crippen LogP contribution in [0.25, 0.3) is 0 Å². The molecule has 1 rings (SSSR count). The van der Waals surface area contributed by atoms with Crippen molar-refractivity contribution < 1.29 is 19.8 Å². The second-order valence-corrected chi connectivity index (χ2v) is 2.63. The first-order valence-electron chi connectivity index (χ1n) is 3.64. The second kappa shape index (κ2) is 3.34. The lowest BCUT2D eigenvalue weighted by atomic mass is 10.0. The summed E-state index contributed by atoms with van der Waals surface area (Å²) in [4.78, 5) is 24.4. The van der Waals surface area contributed by atoms with Crippen molar-refractivity contribution in [2.45, 2.75) is 25.3 Å². The van der Waals surface area contributed by atoms with Crippen LogP contribution in [0.15, 0.2) is 4.99 Å². The van der Waals surface area contributed by atoms with Gasteiger partial charge in [0.15, 0.2) is 0 Å². The molecule has 0 saturated heterocycles. The minimum atomic E-state index is -1.11. The van der Waals surface area contributed by atoms with Crippen molar-refractivity contribution in [1.29, 1.82) is 0 Å². The summed E-state index contributed by atoms with van der Waals surface area (Å²) in [6, 6.07) is -0.857. The third kappa shape index (κ3) is 1.81. The van der Waals surface area contributed by atoms with Gasteiger partial charge in [-0.1, -0.05) is 0 Å². The standard InChI is InChI=1S/C7H9NO4/c9-6(10)4-2-1-3-5(8-4)7(11)12/h4H,1-3H2,(H,9,10)(H,11,12). The zero-order valence-electron chi connectivity index (χ0n) is 6.36. The molecular formula is C7H9NO4. The summed E-state index contributed by atoms with van der Waals surface area (Å²) in [5, 5.41) is 17.1. The van der Waals surface area contributed by atoms with Crippen LogP contribution in [0.1, 0.15) is 19.3 Å². The largest absolute Gasteiger partial charge is 0.480 e. The van der Waals surface area contributed by atoms with Crippen LogP contribution in [0, 0.1) is 0 Å². The van der Waals surface area contributed by atoms with Gasteiger partial charge in [-0.2, -0.15) is 0 Å². The zero-order chi connectivity index (χ0) is 9.14.